The smallest absolute Gasteiger partial charge is 0.237 e. The Morgan fingerprint density at radius 1 is 1.32 bits per heavy atom. The lowest BCUT2D eigenvalue weighted by Gasteiger charge is -2.30. The van der Waals surface area contributed by atoms with Gasteiger partial charge < -0.3 is 9.64 Å². The molecule has 0 bridgehead atoms. The summed E-state index contributed by atoms with van der Waals surface area (Å²) in [5.41, 5.74) is 3.34. The maximum absolute atomic E-state index is 12.8. The first-order chi connectivity index (χ1) is 12.3. The molecule has 2 heterocycles. The second kappa shape index (κ2) is 8.69. The van der Waals surface area contributed by atoms with E-state index in [1.807, 2.05) is 41.4 Å². The molecular formula is C19H24N4O2. The van der Waals surface area contributed by atoms with Gasteiger partial charge >= 0.3 is 0 Å². The predicted molar refractivity (Wildman–Crippen MR) is 94.7 cm³/mol. The Labute approximate surface area is 148 Å². The Kier molecular flexibility index (Phi) is 6.09. The molecule has 0 spiro atoms. The summed E-state index contributed by atoms with van der Waals surface area (Å²) in [5.74, 6) is 0.124. The van der Waals surface area contributed by atoms with Gasteiger partial charge in [0.1, 0.15) is 6.33 Å². The van der Waals surface area contributed by atoms with Gasteiger partial charge in [0, 0.05) is 39.5 Å². The van der Waals surface area contributed by atoms with Gasteiger partial charge in [0.2, 0.25) is 5.91 Å². The zero-order valence-corrected chi connectivity index (χ0v) is 14.6. The van der Waals surface area contributed by atoms with Gasteiger partial charge in [0.25, 0.3) is 0 Å². The highest BCUT2D eigenvalue weighted by molar-refractivity contribution is 5.78. The monoisotopic (exact) mass is 340 g/mol. The van der Waals surface area contributed by atoms with E-state index in [0.717, 1.165) is 24.2 Å². The molecule has 1 aliphatic rings. The molecule has 1 aromatic heterocycles. The van der Waals surface area contributed by atoms with E-state index in [4.69, 9.17) is 4.74 Å². The lowest BCUT2D eigenvalue weighted by molar-refractivity contribution is -0.134. The fourth-order valence-corrected chi connectivity index (χ4v) is 3.03. The molecule has 0 N–H and O–H groups in total. The van der Waals surface area contributed by atoms with Crippen molar-refractivity contribution in [1.29, 1.82) is 0 Å². The van der Waals surface area contributed by atoms with E-state index in [1.165, 1.54) is 5.56 Å². The zero-order valence-electron chi connectivity index (χ0n) is 14.6. The molecule has 6 nitrogen and oxygen atoms in total. The van der Waals surface area contributed by atoms with Gasteiger partial charge in [-0.15, -0.1) is 0 Å². The number of hydrogen-bond donors (Lipinski definition) is 0. The summed E-state index contributed by atoms with van der Waals surface area (Å²) in [6, 6.07) is 10.1. The first-order valence-corrected chi connectivity index (χ1v) is 8.57. The topological polar surface area (TPSA) is 58.6 Å². The van der Waals surface area contributed by atoms with Crippen molar-refractivity contribution in [1.82, 2.24) is 19.8 Å². The van der Waals surface area contributed by atoms with E-state index in [-0.39, 0.29) is 5.91 Å². The van der Waals surface area contributed by atoms with E-state index in [1.54, 1.807) is 13.4 Å². The lowest BCUT2D eigenvalue weighted by atomic mass is 10.1. The highest BCUT2D eigenvalue weighted by Gasteiger charge is 2.22. The Hall–Kier alpha value is -2.31. The molecule has 132 valence electrons. The molecule has 1 aliphatic heterocycles. The zero-order chi connectivity index (χ0) is 17.5. The van der Waals surface area contributed by atoms with Gasteiger partial charge in [-0.1, -0.05) is 30.3 Å². The molecule has 0 saturated carbocycles. The number of fused-ring (bicyclic) bond motifs is 1. The van der Waals surface area contributed by atoms with E-state index in [0.29, 0.717) is 32.8 Å². The van der Waals surface area contributed by atoms with Crippen LogP contribution >= 0.6 is 0 Å². The highest BCUT2D eigenvalue weighted by Crippen LogP contribution is 2.15. The summed E-state index contributed by atoms with van der Waals surface area (Å²) >= 11 is 0. The number of aromatic nitrogens is 2. The molecule has 0 saturated heterocycles. The van der Waals surface area contributed by atoms with Crippen LogP contribution < -0.4 is 0 Å². The number of ether oxygens (including phenoxy) is 1. The Morgan fingerprint density at radius 2 is 2.16 bits per heavy atom. The van der Waals surface area contributed by atoms with Crippen molar-refractivity contribution in [3.05, 3.63) is 59.7 Å². The van der Waals surface area contributed by atoms with Gasteiger partial charge in [-0.25, -0.2) is 9.97 Å². The van der Waals surface area contributed by atoms with Gasteiger partial charge in [0.05, 0.1) is 18.8 Å². The van der Waals surface area contributed by atoms with Crippen LogP contribution in [0.1, 0.15) is 16.8 Å². The molecule has 0 aliphatic carbocycles. The Bertz CT molecular complexity index is 693. The molecular weight excluding hydrogens is 316 g/mol. The minimum atomic E-state index is 0.124. The van der Waals surface area contributed by atoms with Crippen LogP contribution in [-0.4, -0.2) is 59.0 Å². The van der Waals surface area contributed by atoms with Crippen LogP contribution in [0.3, 0.4) is 0 Å². The summed E-state index contributed by atoms with van der Waals surface area (Å²) < 4.78 is 5.17. The van der Waals surface area contributed by atoms with Crippen molar-refractivity contribution < 1.29 is 9.53 Å². The fourth-order valence-electron chi connectivity index (χ4n) is 3.03. The second-order valence-corrected chi connectivity index (χ2v) is 6.25. The predicted octanol–water partition coefficient (Wildman–Crippen LogP) is 1.51. The number of rotatable bonds is 7. The lowest BCUT2D eigenvalue weighted by Crippen LogP contribution is -2.43. The Balaban J connectivity index is 1.62. The van der Waals surface area contributed by atoms with Gasteiger partial charge in [-0.05, 0) is 17.5 Å². The molecule has 2 aromatic rings. The van der Waals surface area contributed by atoms with E-state index in [2.05, 4.69) is 14.9 Å². The van der Waals surface area contributed by atoms with Crippen molar-refractivity contribution >= 4 is 5.91 Å². The molecule has 1 aromatic carbocycles. The summed E-state index contributed by atoms with van der Waals surface area (Å²) in [6.07, 6.45) is 4.34. The van der Waals surface area contributed by atoms with E-state index in [9.17, 15) is 4.79 Å². The minimum absolute atomic E-state index is 0.124. The maximum Gasteiger partial charge on any atom is 0.237 e. The molecule has 6 heteroatoms. The van der Waals surface area contributed by atoms with Crippen LogP contribution in [0.15, 0.2) is 42.9 Å². The van der Waals surface area contributed by atoms with Crippen LogP contribution in [0.4, 0.5) is 0 Å². The number of benzene rings is 1. The first-order valence-electron chi connectivity index (χ1n) is 8.57. The summed E-state index contributed by atoms with van der Waals surface area (Å²) in [4.78, 5) is 25.3. The summed E-state index contributed by atoms with van der Waals surface area (Å²) in [5, 5.41) is 0. The van der Waals surface area contributed by atoms with Crippen molar-refractivity contribution in [3.63, 3.8) is 0 Å². The maximum atomic E-state index is 12.8. The molecule has 0 unspecified atom stereocenters. The third-order valence-corrected chi connectivity index (χ3v) is 4.45. The average molecular weight is 340 g/mol. The number of carbonyl (C=O) groups excluding carboxylic acids is 1. The number of amides is 1. The number of hydrogen-bond acceptors (Lipinski definition) is 5. The fraction of sp³-hybridized carbons (Fsp3) is 0.421. The number of methoxy groups -OCH3 is 1. The number of carbonyl (C=O) groups is 1. The van der Waals surface area contributed by atoms with Crippen LogP contribution in [0.2, 0.25) is 0 Å². The average Bonchev–Trinajstić information content (AvgIpc) is 2.65. The van der Waals surface area contributed by atoms with Crippen LogP contribution in [-0.2, 0) is 29.0 Å². The standard InChI is InChI=1S/C19H24N4O2/c1-25-10-9-23(12-16-5-3-2-4-6-16)19(24)14-22-8-7-17-11-20-15-21-18(17)13-22/h2-6,11,15H,7-10,12-14H2,1H3. The highest BCUT2D eigenvalue weighted by atomic mass is 16.5. The van der Waals surface area contributed by atoms with Gasteiger partial charge in [0.15, 0.2) is 0 Å². The van der Waals surface area contributed by atoms with Crippen LogP contribution in [0.25, 0.3) is 0 Å². The molecule has 25 heavy (non-hydrogen) atoms. The third-order valence-electron chi connectivity index (χ3n) is 4.45. The molecule has 0 radical (unpaired) electrons. The van der Waals surface area contributed by atoms with Crippen LogP contribution in [0, 0.1) is 0 Å². The normalized spacial score (nSPS) is 14.1. The second-order valence-electron chi connectivity index (χ2n) is 6.25. The molecule has 0 fully saturated rings. The summed E-state index contributed by atoms with van der Waals surface area (Å²) in [6.45, 7) is 3.70. The quantitative estimate of drug-likeness (QED) is 0.765. The number of nitrogens with zero attached hydrogens (tertiary/aromatic N) is 4. The van der Waals surface area contributed by atoms with Crippen molar-refractivity contribution in [2.75, 3.05) is 33.4 Å². The largest absolute Gasteiger partial charge is 0.383 e. The SMILES string of the molecule is COCCN(Cc1ccccc1)C(=O)CN1CCc2cncnc2C1. The van der Waals surface area contributed by atoms with Crippen molar-refractivity contribution in [3.8, 4) is 0 Å². The van der Waals surface area contributed by atoms with Gasteiger partial charge in [-0.2, -0.15) is 0 Å². The molecule has 1 amide bonds. The van der Waals surface area contributed by atoms with E-state index < -0.39 is 0 Å². The van der Waals surface area contributed by atoms with Crippen molar-refractivity contribution in [2.45, 2.75) is 19.5 Å². The molecule has 3 rings (SSSR count). The van der Waals surface area contributed by atoms with Crippen molar-refractivity contribution in [2.24, 2.45) is 0 Å². The summed E-state index contributed by atoms with van der Waals surface area (Å²) in [7, 11) is 1.66. The van der Waals surface area contributed by atoms with Gasteiger partial charge in [-0.3, -0.25) is 9.69 Å². The van der Waals surface area contributed by atoms with Crippen LogP contribution in [0.5, 0.6) is 0 Å². The molecule has 0 atom stereocenters. The Morgan fingerprint density at radius 3 is 2.96 bits per heavy atom. The third kappa shape index (κ3) is 4.84. The minimum Gasteiger partial charge on any atom is -0.383 e. The first kappa shape index (κ1) is 17.5. The van der Waals surface area contributed by atoms with E-state index >= 15 is 0 Å².